The van der Waals surface area contributed by atoms with Crippen molar-refractivity contribution >= 4 is 6.29 Å². The standard InChI is InChI=1S/C8H9FO/c1-6-3-2-4-7(5-10)8(6)9/h4-5H,2-3H2,1H3. The lowest BCUT2D eigenvalue weighted by atomic mass is 10.0. The molecule has 1 aliphatic rings. The Labute approximate surface area is 59.2 Å². The molecule has 0 aromatic heterocycles. The summed E-state index contributed by atoms with van der Waals surface area (Å²) in [5.41, 5.74) is 0.897. The number of hydrogen-bond donors (Lipinski definition) is 0. The summed E-state index contributed by atoms with van der Waals surface area (Å²) in [5, 5.41) is 0. The average molecular weight is 140 g/mol. The summed E-state index contributed by atoms with van der Waals surface area (Å²) in [7, 11) is 0. The van der Waals surface area contributed by atoms with Gasteiger partial charge in [0, 0.05) is 5.57 Å². The van der Waals surface area contributed by atoms with Gasteiger partial charge in [0.1, 0.15) is 5.83 Å². The molecule has 2 heteroatoms. The van der Waals surface area contributed by atoms with Crippen molar-refractivity contribution in [2.45, 2.75) is 19.8 Å². The fourth-order valence-electron chi connectivity index (χ4n) is 0.990. The third kappa shape index (κ3) is 1.15. The molecule has 0 bridgehead atoms. The van der Waals surface area contributed by atoms with Crippen LogP contribution in [0.3, 0.4) is 0 Å². The molecular weight excluding hydrogens is 131 g/mol. The van der Waals surface area contributed by atoms with Gasteiger partial charge in [-0.15, -0.1) is 0 Å². The topological polar surface area (TPSA) is 17.1 Å². The molecule has 0 aromatic rings. The Kier molecular flexibility index (Phi) is 2.00. The summed E-state index contributed by atoms with van der Waals surface area (Å²) in [5.74, 6) is -0.332. The maximum atomic E-state index is 12.8. The first-order valence-electron chi connectivity index (χ1n) is 3.26. The van der Waals surface area contributed by atoms with E-state index in [1.807, 2.05) is 0 Å². The largest absolute Gasteiger partial charge is 0.298 e. The number of hydrogen-bond acceptors (Lipinski definition) is 1. The molecule has 1 aliphatic carbocycles. The number of allylic oxidation sites excluding steroid dienone is 4. The van der Waals surface area contributed by atoms with E-state index in [9.17, 15) is 9.18 Å². The lowest BCUT2D eigenvalue weighted by Gasteiger charge is -2.07. The second-order valence-electron chi connectivity index (χ2n) is 2.41. The molecule has 0 heterocycles. The van der Waals surface area contributed by atoms with Gasteiger partial charge in [0.25, 0.3) is 0 Å². The van der Waals surface area contributed by atoms with Crippen molar-refractivity contribution in [1.29, 1.82) is 0 Å². The van der Waals surface area contributed by atoms with Crippen molar-refractivity contribution in [2.75, 3.05) is 0 Å². The van der Waals surface area contributed by atoms with E-state index in [1.54, 1.807) is 13.0 Å². The van der Waals surface area contributed by atoms with E-state index in [2.05, 4.69) is 0 Å². The molecule has 0 spiro atoms. The van der Waals surface area contributed by atoms with E-state index < -0.39 is 0 Å². The molecule has 0 unspecified atom stereocenters. The molecule has 54 valence electrons. The van der Waals surface area contributed by atoms with Gasteiger partial charge in [0.2, 0.25) is 0 Å². The van der Waals surface area contributed by atoms with Crippen LogP contribution in [0.5, 0.6) is 0 Å². The summed E-state index contributed by atoms with van der Waals surface area (Å²) >= 11 is 0. The van der Waals surface area contributed by atoms with Crippen LogP contribution in [-0.2, 0) is 4.79 Å². The Morgan fingerprint density at radius 1 is 1.70 bits per heavy atom. The molecule has 0 fully saturated rings. The Bertz CT molecular complexity index is 213. The molecule has 0 radical (unpaired) electrons. The van der Waals surface area contributed by atoms with Gasteiger partial charge in [-0.1, -0.05) is 6.08 Å². The van der Waals surface area contributed by atoms with Gasteiger partial charge in [-0.05, 0) is 25.3 Å². The van der Waals surface area contributed by atoms with E-state index >= 15 is 0 Å². The van der Waals surface area contributed by atoms with Crippen molar-refractivity contribution in [3.05, 3.63) is 23.0 Å². The molecule has 0 amide bonds. The van der Waals surface area contributed by atoms with Crippen LogP contribution in [-0.4, -0.2) is 6.29 Å². The second kappa shape index (κ2) is 2.78. The lowest BCUT2D eigenvalue weighted by molar-refractivity contribution is -0.104. The maximum absolute atomic E-state index is 12.8. The minimum atomic E-state index is -0.332. The first-order valence-corrected chi connectivity index (χ1v) is 3.26. The number of aldehydes is 1. The Balaban J connectivity index is 2.94. The lowest BCUT2D eigenvalue weighted by Crippen LogP contribution is -1.95. The number of halogens is 1. The fraction of sp³-hybridized carbons (Fsp3) is 0.375. The van der Waals surface area contributed by atoms with Crippen LogP contribution in [0.25, 0.3) is 0 Å². The van der Waals surface area contributed by atoms with Crippen LogP contribution in [0.1, 0.15) is 19.8 Å². The maximum Gasteiger partial charge on any atom is 0.152 e. The van der Waals surface area contributed by atoms with E-state index in [1.165, 1.54) is 0 Å². The highest BCUT2D eigenvalue weighted by atomic mass is 19.1. The van der Waals surface area contributed by atoms with E-state index in [4.69, 9.17) is 0 Å². The molecular formula is C8H9FO. The highest BCUT2D eigenvalue weighted by Crippen LogP contribution is 2.24. The smallest absolute Gasteiger partial charge is 0.152 e. The Morgan fingerprint density at radius 2 is 2.40 bits per heavy atom. The summed E-state index contributed by atoms with van der Waals surface area (Å²) in [4.78, 5) is 10.2. The van der Waals surface area contributed by atoms with Gasteiger partial charge in [0.15, 0.2) is 6.29 Å². The normalized spacial score (nSPS) is 18.8. The molecule has 1 rings (SSSR count). The third-order valence-electron chi connectivity index (χ3n) is 1.64. The number of carbonyl (C=O) groups excluding carboxylic acids is 1. The molecule has 0 aromatic carbocycles. The molecule has 1 nitrogen and oxygen atoms in total. The molecule has 0 saturated carbocycles. The van der Waals surface area contributed by atoms with Crippen molar-refractivity contribution in [1.82, 2.24) is 0 Å². The van der Waals surface area contributed by atoms with Crippen LogP contribution in [0, 0.1) is 0 Å². The molecule has 0 saturated heterocycles. The highest BCUT2D eigenvalue weighted by Gasteiger charge is 2.10. The average Bonchev–Trinajstić information content (AvgIpc) is 1.95. The van der Waals surface area contributed by atoms with E-state index in [0.29, 0.717) is 11.9 Å². The van der Waals surface area contributed by atoms with Crippen LogP contribution < -0.4 is 0 Å². The van der Waals surface area contributed by atoms with Gasteiger partial charge in [-0.3, -0.25) is 4.79 Å². The molecule has 0 aliphatic heterocycles. The SMILES string of the molecule is CC1=C(F)C(C=O)=CCC1. The van der Waals surface area contributed by atoms with E-state index in [0.717, 1.165) is 12.8 Å². The van der Waals surface area contributed by atoms with Crippen LogP contribution in [0.4, 0.5) is 4.39 Å². The predicted molar refractivity (Wildman–Crippen MR) is 37.2 cm³/mol. The fourth-order valence-corrected chi connectivity index (χ4v) is 0.990. The minimum Gasteiger partial charge on any atom is -0.298 e. The third-order valence-corrected chi connectivity index (χ3v) is 1.64. The monoisotopic (exact) mass is 140 g/mol. The van der Waals surface area contributed by atoms with Crippen molar-refractivity contribution in [2.24, 2.45) is 0 Å². The van der Waals surface area contributed by atoms with Crippen LogP contribution >= 0.6 is 0 Å². The first kappa shape index (κ1) is 7.19. The Morgan fingerprint density at radius 3 is 2.90 bits per heavy atom. The van der Waals surface area contributed by atoms with Gasteiger partial charge < -0.3 is 0 Å². The van der Waals surface area contributed by atoms with Crippen molar-refractivity contribution in [3.8, 4) is 0 Å². The van der Waals surface area contributed by atoms with Crippen LogP contribution in [0.15, 0.2) is 23.0 Å². The van der Waals surface area contributed by atoms with E-state index in [-0.39, 0.29) is 11.4 Å². The number of rotatable bonds is 1. The molecule has 10 heavy (non-hydrogen) atoms. The van der Waals surface area contributed by atoms with Crippen molar-refractivity contribution < 1.29 is 9.18 Å². The zero-order valence-corrected chi connectivity index (χ0v) is 5.86. The van der Waals surface area contributed by atoms with Crippen LogP contribution in [0.2, 0.25) is 0 Å². The molecule has 0 N–H and O–H groups in total. The zero-order valence-electron chi connectivity index (χ0n) is 5.86. The highest BCUT2D eigenvalue weighted by molar-refractivity contribution is 5.79. The van der Waals surface area contributed by atoms with Crippen molar-refractivity contribution in [3.63, 3.8) is 0 Å². The van der Waals surface area contributed by atoms with Gasteiger partial charge in [-0.2, -0.15) is 0 Å². The predicted octanol–water partition coefficient (Wildman–Crippen LogP) is 2.15. The zero-order chi connectivity index (χ0) is 7.56. The van der Waals surface area contributed by atoms with Gasteiger partial charge >= 0.3 is 0 Å². The summed E-state index contributed by atoms with van der Waals surface area (Å²) in [6.45, 7) is 1.71. The summed E-state index contributed by atoms with van der Waals surface area (Å²) in [6, 6.07) is 0. The quantitative estimate of drug-likeness (QED) is 0.510. The summed E-state index contributed by atoms with van der Waals surface area (Å²) < 4.78 is 12.8. The minimum absolute atomic E-state index is 0.212. The van der Waals surface area contributed by atoms with Gasteiger partial charge in [-0.25, -0.2) is 4.39 Å². The molecule has 0 atom stereocenters. The Hall–Kier alpha value is -0.920. The van der Waals surface area contributed by atoms with Gasteiger partial charge in [0.05, 0.1) is 0 Å². The first-order chi connectivity index (χ1) is 4.75. The summed E-state index contributed by atoms with van der Waals surface area (Å²) in [6.07, 6.45) is 3.73. The second-order valence-corrected chi connectivity index (χ2v) is 2.41. The number of carbonyl (C=O) groups is 1.